The van der Waals surface area contributed by atoms with Gasteiger partial charge in [-0.05, 0) is 67.2 Å². The molecule has 0 unspecified atom stereocenters. The van der Waals surface area contributed by atoms with Crippen molar-refractivity contribution in [2.24, 2.45) is 0 Å². The topological polar surface area (TPSA) is 41.6 Å². The van der Waals surface area contributed by atoms with Crippen LogP contribution in [0.25, 0.3) is 6.08 Å². The van der Waals surface area contributed by atoms with Crippen molar-refractivity contribution in [1.82, 2.24) is 5.32 Å². The number of alkyl halides is 3. The fourth-order valence-electron chi connectivity index (χ4n) is 2.56. The average molecular weight is 392 g/mol. The molecule has 0 spiro atoms. The van der Waals surface area contributed by atoms with E-state index in [4.69, 9.17) is 17.0 Å². The zero-order valence-electron chi connectivity index (χ0n) is 14.2. The molecule has 1 fully saturated rings. The molecule has 2 aromatic carbocycles. The van der Waals surface area contributed by atoms with Crippen LogP contribution in [0.5, 0.6) is 5.75 Å². The van der Waals surface area contributed by atoms with Crippen LogP contribution < -0.4 is 15.0 Å². The quantitative estimate of drug-likeness (QED) is 0.620. The molecule has 27 heavy (non-hydrogen) atoms. The van der Waals surface area contributed by atoms with E-state index < -0.39 is 11.7 Å². The van der Waals surface area contributed by atoms with E-state index in [2.05, 4.69) is 5.32 Å². The highest BCUT2D eigenvalue weighted by molar-refractivity contribution is 7.80. The molecule has 1 heterocycles. The first-order chi connectivity index (χ1) is 12.8. The van der Waals surface area contributed by atoms with Crippen LogP contribution in [0.2, 0.25) is 0 Å². The van der Waals surface area contributed by atoms with Gasteiger partial charge in [-0.25, -0.2) is 0 Å². The van der Waals surface area contributed by atoms with E-state index in [9.17, 15) is 18.0 Å². The summed E-state index contributed by atoms with van der Waals surface area (Å²) in [4.78, 5) is 14.0. The molecule has 140 valence electrons. The van der Waals surface area contributed by atoms with Crippen LogP contribution in [-0.4, -0.2) is 17.6 Å². The number of nitrogens with one attached hydrogen (secondary N) is 1. The molecule has 0 radical (unpaired) electrons. The van der Waals surface area contributed by atoms with Gasteiger partial charge in [-0.2, -0.15) is 13.2 Å². The van der Waals surface area contributed by atoms with Crippen LogP contribution in [0.3, 0.4) is 0 Å². The second-order valence-electron chi connectivity index (χ2n) is 5.68. The summed E-state index contributed by atoms with van der Waals surface area (Å²) in [5, 5.41) is 3.00. The van der Waals surface area contributed by atoms with Crippen molar-refractivity contribution < 1.29 is 22.7 Å². The zero-order chi connectivity index (χ0) is 19.6. The monoisotopic (exact) mass is 392 g/mol. The number of carbonyl (C=O) groups is 1. The maximum atomic E-state index is 12.7. The third-order valence-electron chi connectivity index (χ3n) is 3.83. The van der Waals surface area contributed by atoms with Gasteiger partial charge in [0.25, 0.3) is 5.91 Å². The van der Waals surface area contributed by atoms with Crippen molar-refractivity contribution in [1.29, 1.82) is 0 Å². The van der Waals surface area contributed by atoms with Gasteiger partial charge < -0.3 is 10.1 Å². The van der Waals surface area contributed by atoms with Crippen LogP contribution in [0.4, 0.5) is 18.9 Å². The van der Waals surface area contributed by atoms with E-state index in [0.29, 0.717) is 23.6 Å². The van der Waals surface area contributed by atoms with Crippen LogP contribution in [0.1, 0.15) is 18.1 Å². The van der Waals surface area contributed by atoms with Gasteiger partial charge in [0, 0.05) is 0 Å². The van der Waals surface area contributed by atoms with Crippen molar-refractivity contribution in [3.05, 3.63) is 65.4 Å². The first-order valence-corrected chi connectivity index (χ1v) is 8.47. The number of thiocarbonyl (C=S) groups is 1. The normalized spacial score (nSPS) is 16.0. The standard InChI is InChI=1S/C19H15F3N2O2S/c1-2-26-15-9-7-14(8-10-15)24-17(25)16(23-18(24)27)11-12-3-5-13(6-4-12)19(20,21)22/h3-11H,2H2,1H3,(H,23,27)/b16-11+. The highest BCUT2D eigenvalue weighted by atomic mass is 32.1. The first kappa shape index (κ1) is 18.9. The molecule has 1 N–H and O–H groups in total. The van der Waals surface area contributed by atoms with Crippen LogP contribution in [-0.2, 0) is 11.0 Å². The molecule has 1 amide bonds. The number of amides is 1. The van der Waals surface area contributed by atoms with Gasteiger partial charge in [-0.15, -0.1) is 0 Å². The van der Waals surface area contributed by atoms with E-state index >= 15 is 0 Å². The number of ether oxygens (including phenoxy) is 1. The molecular formula is C19H15F3N2O2S. The smallest absolute Gasteiger partial charge is 0.416 e. The van der Waals surface area contributed by atoms with Crippen LogP contribution >= 0.6 is 12.2 Å². The molecule has 8 heteroatoms. The Bertz CT molecular complexity index is 891. The molecule has 1 aliphatic rings. The van der Waals surface area contributed by atoms with Crippen LogP contribution in [0, 0.1) is 0 Å². The van der Waals surface area contributed by atoms with Gasteiger partial charge in [0.15, 0.2) is 5.11 Å². The molecule has 0 atom stereocenters. The van der Waals surface area contributed by atoms with Crippen molar-refractivity contribution in [3.63, 3.8) is 0 Å². The number of hydrogen-bond donors (Lipinski definition) is 1. The fourth-order valence-corrected chi connectivity index (χ4v) is 2.86. The Morgan fingerprint density at radius 1 is 1.11 bits per heavy atom. The lowest BCUT2D eigenvalue weighted by molar-refractivity contribution is -0.137. The van der Waals surface area contributed by atoms with E-state index in [1.165, 1.54) is 23.1 Å². The molecule has 3 rings (SSSR count). The Hall–Kier alpha value is -2.87. The summed E-state index contributed by atoms with van der Waals surface area (Å²) < 4.78 is 43.3. The van der Waals surface area contributed by atoms with E-state index in [1.807, 2.05) is 6.92 Å². The van der Waals surface area contributed by atoms with Crippen LogP contribution in [0.15, 0.2) is 54.2 Å². The summed E-state index contributed by atoms with van der Waals surface area (Å²) in [5.41, 5.74) is 0.461. The van der Waals surface area contributed by atoms with Crippen molar-refractivity contribution in [3.8, 4) is 5.75 Å². The number of hydrogen-bond acceptors (Lipinski definition) is 3. The molecular weight excluding hydrogens is 377 g/mol. The molecule has 1 saturated heterocycles. The third-order valence-corrected chi connectivity index (χ3v) is 4.12. The van der Waals surface area contributed by atoms with E-state index in [-0.39, 0.29) is 16.7 Å². The van der Waals surface area contributed by atoms with Gasteiger partial charge in [0.1, 0.15) is 11.4 Å². The van der Waals surface area contributed by atoms with Gasteiger partial charge in [0.2, 0.25) is 0 Å². The van der Waals surface area contributed by atoms with Gasteiger partial charge >= 0.3 is 6.18 Å². The molecule has 0 aromatic heterocycles. The summed E-state index contributed by atoms with van der Waals surface area (Å²) in [6.45, 7) is 2.40. The fraction of sp³-hybridized carbons (Fsp3) is 0.158. The molecule has 0 aliphatic carbocycles. The Morgan fingerprint density at radius 3 is 2.30 bits per heavy atom. The number of rotatable bonds is 4. The Balaban J connectivity index is 1.82. The summed E-state index contributed by atoms with van der Waals surface area (Å²) in [5.74, 6) is 0.288. The first-order valence-electron chi connectivity index (χ1n) is 8.07. The van der Waals surface area contributed by atoms with Crippen molar-refractivity contribution in [2.45, 2.75) is 13.1 Å². The summed E-state index contributed by atoms with van der Waals surface area (Å²) in [7, 11) is 0. The molecule has 0 bridgehead atoms. The molecule has 4 nitrogen and oxygen atoms in total. The van der Waals surface area contributed by atoms with E-state index in [1.54, 1.807) is 24.3 Å². The maximum absolute atomic E-state index is 12.7. The molecule has 0 saturated carbocycles. The molecule has 2 aromatic rings. The third kappa shape index (κ3) is 4.11. The average Bonchev–Trinajstić information content (AvgIpc) is 2.89. The van der Waals surface area contributed by atoms with Gasteiger partial charge in [-0.3, -0.25) is 9.69 Å². The second kappa shape index (κ2) is 7.40. The predicted molar refractivity (Wildman–Crippen MR) is 100 cm³/mol. The predicted octanol–water partition coefficient (Wildman–Crippen LogP) is 4.37. The zero-order valence-corrected chi connectivity index (χ0v) is 15.0. The molecule has 1 aliphatic heterocycles. The summed E-state index contributed by atoms with van der Waals surface area (Å²) >= 11 is 5.22. The number of halogens is 3. The lowest BCUT2D eigenvalue weighted by atomic mass is 10.1. The maximum Gasteiger partial charge on any atom is 0.416 e. The lowest BCUT2D eigenvalue weighted by Crippen LogP contribution is -2.30. The minimum Gasteiger partial charge on any atom is -0.494 e. The Labute approximate surface area is 159 Å². The number of anilines is 1. The minimum atomic E-state index is -4.40. The SMILES string of the molecule is CCOc1ccc(N2C(=O)/C(=C\c3ccc(C(F)(F)F)cc3)NC2=S)cc1. The number of nitrogens with zero attached hydrogens (tertiary/aromatic N) is 1. The highest BCUT2D eigenvalue weighted by Crippen LogP contribution is 2.30. The Kier molecular flexibility index (Phi) is 5.18. The van der Waals surface area contributed by atoms with E-state index in [0.717, 1.165) is 12.1 Å². The van der Waals surface area contributed by atoms with Crippen molar-refractivity contribution in [2.75, 3.05) is 11.5 Å². The van der Waals surface area contributed by atoms with Gasteiger partial charge in [-0.1, -0.05) is 12.1 Å². The second-order valence-corrected chi connectivity index (χ2v) is 6.06. The Morgan fingerprint density at radius 2 is 1.74 bits per heavy atom. The summed E-state index contributed by atoms with van der Waals surface area (Å²) in [6, 6.07) is 11.4. The lowest BCUT2D eigenvalue weighted by Gasteiger charge is -2.14. The largest absolute Gasteiger partial charge is 0.494 e. The number of benzene rings is 2. The summed E-state index contributed by atoms with van der Waals surface area (Å²) in [6.07, 6.45) is -2.94. The number of carbonyl (C=O) groups excluding carboxylic acids is 1. The highest BCUT2D eigenvalue weighted by Gasteiger charge is 2.32. The minimum absolute atomic E-state index is 0.189. The van der Waals surface area contributed by atoms with Gasteiger partial charge in [0.05, 0.1) is 17.9 Å². The van der Waals surface area contributed by atoms with Crippen molar-refractivity contribution >= 4 is 35.0 Å².